The fraction of sp³-hybridized carbons (Fsp3) is 0.250. The summed E-state index contributed by atoms with van der Waals surface area (Å²) in [6.45, 7) is 1.75. The molecule has 2 heterocycles. The molecule has 0 atom stereocenters. The predicted octanol–water partition coefficient (Wildman–Crippen LogP) is 1.39. The molecule has 2 aromatic heterocycles. The first-order valence-corrected chi connectivity index (χ1v) is 6.40. The van der Waals surface area contributed by atoms with E-state index in [2.05, 4.69) is 9.97 Å². The monoisotopic (exact) mass is 263 g/mol. The summed E-state index contributed by atoms with van der Waals surface area (Å²) in [6, 6.07) is 5.02. The Morgan fingerprint density at radius 3 is 2.94 bits per heavy atom. The Balaban J connectivity index is 2.06. The number of Topliss-reactive ketones (excluding diaryl/α,β-unsaturated/α-hetero) is 1. The molecule has 94 valence electrons. The van der Waals surface area contributed by atoms with Crippen molar-refractivity contribution >= 4 is 17.5 Å². The minimum absolute atomic E-state index is 0.0108. The second-order valence-electron chi connectivity index (χ2n) is 3.91. The second-order valence-corrected chi connectivity index (χ2v) is 4.87. The Labute approximate surface area is 108 Å². The maximum atomic E-state index is 11.9. The first-order valence-electron chi connectivity index (χ1n) is 5.41. The highest BCUT2D eigenvalue weighted by Crippen LogP contribution is 2.14. The van der Waals surface area contributed by atoms with Crippen molar-refractivity contribution < 1.29 is 4.79 Å². The van der Waals surface area contributed by atoms with Gasteiger partial charge in [0, 0.05) is 25.0 Å². The number of H-pyrrole nitrogens is 1. The first kappa shape index (κ1) is 12.6. The number of hydrogen-bond donors (Lipinski definition) is 1. The molecular weight excluding hydrogens is 250 g/mol. The first-order chi connectivity index (χ1) is 8.56. The summed E-state index contributed by atoms with van der Waals surface area (Å²) < 4.78 is 1.77. The predicted molar refractivity (Wildman–Crippen MR) is 70.1 cm³/mol. The van der Waals surface area contributed by atoms with Crippen LogP contribution in [0, 0.1) is 6.92 Å². The van der Waals surface area contributed by atoms with Gasteiger partial charge in [-0.05, 0) is 19.1 Å². The number of nitrogens with one attached hydrogen (secondary N) is 1. The van der Waals surface area contributed by atoms with E-state index in [1.54, 1.807) is 17.6 Å². The summed E-state index contributed by atoms with van der Waals surface area (Å²) >= 11 is 1.23. The van der Waals surface area contributed by atoms with Crippen LogP contribution in [0.1, 0.15) is 16.2 Å². The zero-order chi connectivity index (χ0) is 13.1. The summed E-state index contributed by atoms with van der Waals surface area (Å²) in [5.74, 6) is 0.265. The third kappa shape index (κ3) is 2.89. The van der Waals surface area contributed by atoms with E-state index in [4.69, 9.17) is 0 Å². The summed E-state index contributed by atoms with van der Waals surface area (Å²) in [5.41, 5.74) is 1.10. The number of ketones is 1. The van der Waals surface area contributed by atoms with Crippen molar-refractivity contribution in [3.63, 3.8) is 0 Å². The van der Waals surface area contributed by atoms with Gasteiger partial charge in [0.2, 0.25) is 0 Å². The smallest absolute Gasteiger partial charge is 0.251 e. The highest BCUT2D eigenvalue weighted by molar-refractivity contribution is 7.99. The summed E-state index contributed by atoms with van der Waals surface area (Å²) in [5, 5.41) is 0.475. The van der Waals surface area contributed by atoms with E-state index in [9.17, 15) is 9.59 Å². The topological polar surface area (TPSA) is 67.8 Å². The van der Waals surface area contributed by atoms with Crippen LogP contribution in [-0.2, 0) is 7.05 Å². The molecule has 0 saturated heterocycles. The minimum Gasteiger partial charge on any atom is -0.348 e. The van der Waals surface area contributed by atoms with E-state index in [1.807, 2.05) is 19.3 Å². The van der Waals surface area contributed by atoms with E-state index in [-0.39, 0.29) is 17.1 Å². The van der Waals surface area contributed by atoms with Gasteiger partial charge >= 0.3 is 0 Å². The van der Waals surface area contributed by atoms with Gasteiger partial charge in [-0.1, -0.05) is 11.8 Å². The van der Waals surface area contributed by atoms with Gasteiger partial charge in [0.15, 0.2) is 10.9 Å². The maximum Gasteiger partial charge on any atom is 0.251 e. The zero-order valence-electron chi connectivity index (χ0n) is 10.1. The molecule has 0 aromatic carbocycles. The number of hydrogen-bond acceptors (Lipinski definition) is 4. The molecule has 18 heavy (non-hydrogen) atoms. The molecular formula is C12H13N3O2S. The number of rotatable bonds is 4. The van der Waals surface area contributed by atoms with E-state index >= 15 is 0 Å². The van der Waals surface area contributed by atoms with Crippen LogP contribution in [0.25, 0.3) is 0 Å². The van der Waals surface area contributed by atoms with Crippen molar-refractivity contribution in [2.24, 2.45) is 7.05 Å². The lowest BCUT2D eigenvalue weighted by Crippen LogP contribution is -2.11. The van der Waals surface area contributed by atoms with Crippen LogP contribution in [0.2, 0.25) is 0 Å². The number of carbonyl (C=O) groups is 1. The molecule has 0 aliphatic rings. The minimum atomic E-state index is -0.198. The highest BCUT2D eigenvalue weighted by Gasteiger charge is 2.10. The quantitative estimate of drug-likeness (QED) is 0.514. The summed E-state index contributed by atoms with van der Waals surface area (Å²) in [7, 11) is 1.82. The number of aryl methyl sites for hydroxylation is 2. The van der Waals surface area contributed by atoms with Crippen molar-refractivity contribution in [3.05, 3.63) is 46.1 Å². The van der Waals surface area contributed by atoms with Crippen molar-refractivity contribution in [1.82, 2.24) is 14.5 Å². The molecule has 2 rings (SSSR count). The fourth-order valence-electron chi connectivity index (χ4n) is 1.58. The molecule has 0 fully saturated rings. The van der Waals surface area contributed by atoms with Crippen LogP contribution < -0.4 is 5.56 Å². The third-order valence-electron chi connectivity index (χ3n) is 2.42. The number of carbonyl (C=O) groups excluding carboxylic acids is 1. The zero-order valence-corrected chi connectivity index (χ0v) is 11.0. The Morgan fingerprint density at radius 1 is 1.56 bits per heavy atom. The number of aromatic amines is 1. The molecule has 0 unspecified atom stereocenters. The van der Waals surface area contributed by atoms with Crippen molar-refractivity contribution in [1.29, 1.82) is 0 Å². The van der Waals surface area contributed by atoms with E-state index in [0.29, 0.717) is 16.5 Å². The van der Waals surface area contributed by atoms with Gasteiger partial charge in [-0.2, -0.15) is 0 Å². The molecule has 6 heteroatoms. The third-order valence-corrected chi connectivity index (χ3v) is 3.29. The van der Waals surface area contributed by atoms with E-state index in [0.717, 1.165) is 0 Å². The van der Waals surface area contributed by atoms with E-state index in [1.165, 1.54) is 17.8 Å². The fourth-order valence-corrected chi connectivity index (χ4v) is 2.38. The van der Waals surface area contributed by atoms with Gasteiger partial charge < -0.3 is 9.55 Å². The normalized spacial score (nSPS) is 10.6. The standard InChI is InChI=1S/C12H13N3O2S/c1-8-6-11(17)14-12(13-8)18-7-10(16)9-4-3-5-15(9)2/h3-6H,7H2,1-2H3,(H,13,14,17). The summed E-state index contributed by atoms with van der Waals surface area (Å²) in [6.07, 6.45) is 1.82. The molecule has 0 aliphatic heterocycles. The molecule has 1 N–H and O–H groups in total. The van der Waals surface area contributed by atoms with Gasteiger partial charge in [-0.15, -0.1) is 0 Å². The van der Waals surface area contributed by atoms with Crippen LogP contribution in [0.3, 0.4) is 0 Å². The lowest BCUT2D eigenvalue weighted by Gasteiger charge is -2.02. The van der Waals surface area contributed by atoms with Crippen LogP contribution in [0.15, 0.2) is 34.3 Å². The van der Waals surface area contributed by atoms with Gasteiger partial charge in [-0.25, -0.2) is 4.98 Å². The Bertz CT molecular complexity index is 630. The molecule has 0 bridgehead atoms. The Hall–Kier alpha value is -1.82. The largest absolute Gasteiger partial charge is 0.348 e. The Kier molecular flexibility index (Phi) is 3.66. The van der Waals surface area contributed by atoms with Gasteiger partial charge in [0.05, 0.1) is 11.4 Å². The average Bonchev–Trinajstić information content (AvgIpc) is 2.71. The van der Waals surface area contributed by atoms with Crippen molar-refractivity contribution in [3.8, 4) is 0 Å². The van der Waals surface area contributed by atoms with Gasteiger partial charge in [0.25, 0.3) is 5.56 Å². The number of nitrogens with zero attached hydrogens (tertiary/aromatic N) is 2. The summed E-state index contributed by atoms with van der Waals surface area (Å²) in [4.78, 5) is 29.9. The highest BCUT2D eigenvalue weighted by atomic mass is 32.2. The maximum absolute atomic E-state index is 11.9. The molecule has 0 radical (unpaired) electrons. The van der Waals surface area contributed by atoms with Crippen LogP contribution in [0.4, 0.5) is 0 Å². The number of aromatic nitrogens is 3. The molecule has 0 saturated carbocycles. The molecule has 0 aliphatic carbocycles. The van der Waals surface area contributed by atoms with E-state index < -0.39 is 0 Å². The van der Waals surface area contributed by atoms with Crippen molar-refractivity contribution in [2.75, 3.05) is 5.75 Å². The second kappa shape index (κ2) is 5.22. The van der Waals surface area contributed by atoms with Crippen LogP contribution >= 0.6 is 11.8 Å². The lowest BCUT2D eigenvalue weighted by molar-refractivity contribution is 0.101. The molecule has 2 aromatic rings. The number of thioether (sulfide) groups is 1. The Morgan fingerprint density at radius 2 is 2.33 bits per heavy atom. The SMILES string of the molecule is Cc1cc(=O)[nH]c(SCC(=O)c2cccn2C)n1. The van der Waals surface area contributed by atoms with Crippen molar-refractivity contribution in [2.45, 2.75) is 12.1 Å². The molecule has 5 nitrogen and oxygen atoms in total. The average molecular weight is 263 g/mol. The molecule has 0 spiro atoms. The van der Waals surface area contributed by atoms with Gasteiger partial charge in [0.1, 0.15) is 0 Å². The van der Waals surface area contributed by atoms with Gasteiger partial charge in [-0.3, -0.25) is 9.59 Å². The lowest BCUT2D eigenvalue weighted by atomic mass is 10.3. The van der Waals surface area contributed by atoms with Crippen LogP contribution in [0.5, 0.6) is 0 Å². The molecule has 0 amide bonds. The van der Waals surface area contributed by atoms with Crippen LogP contribution in [-0.4, -0.2) is 26.1 Å².